The van der Waals surface area contributed by atoms with Gasteiger partial charge in [-0.3, -0.25) is 9.80 Å². The van der Waals surface area contributed by atoms with E-state index in [1.165, 1.54) is 19.3 Å². The van der Waals surface area contributed by atoms with Crippen molar-refractivity contribution < 1.29 is 4.79 Å². The topological polar surface area (TPSA) is 35.9 Å². The molecule has 3 rings (SSSR count). The summed E-state index contributed by atoms with van der Waals surface area (Å²) in [5.74, 6) is 0.0340. The van der Waals surface area contributed by atoms with Crippen LogP contribution >= 0.6 is 0 Å². The van der Waals surface area contributed by atoms with Crippen molar-refractivity contribution in [1.29, 1.82) is 0 Å². The SMILES string of the molecule is CC(C)N1C(=O)C(=NN2CCCCC2)c2ccccc21. The average Bonchev–Trinajstić information content (AvgIpc) is 2.73. The van der Waals surface area contributed by atoms with Gasteiger partial charge in [0.1, 0.15) is 0 Å². The Kier molecular flexibility index (Phi) is 3.47. The molecular formula is C16H21N3O. The van der Waals surface area contributed by atoms with Crippen LogP contribution < -0.4 is 4.90 Å². The molecule has 4 heteroatoms. The summed E-state index contributed by atoms with van der Waals surface area (Å²) in [6.07, 6.45) is 3.60. The van der Waals surface area contributed by atoms with Gasteiger partial charge in [-0.05, 0) is 39.2 Å². The summed E-state index contributed by atoms with van der Waals surface area (Å²) >= 11 is 0. The second kappa shape index (κ2) is 5.27. The Balaban J connectivity index is 1.99. The zero-order chi connectivity index (χ0) is 14.1. The van der Waals surface area contributed by atoms with E-state index in [1.54, 1.807) is 0 Å². The third kappa shape index (κ3) is 2.19. The van der Waals surface area contributed by atoms with E-state index >= 15 is 0 Å². The van der Waals surface area contributed by atoms with Crippen LogP contribution in [0.15, 0.2) is 29.4 Å². The molecule has 0 saturated carbocycles. The molecule has 0 spiro atoms. The van der Waals surface area contributed by atoms with E-state index < -0.39 is 0 Å². The largest absolute Gasteiger partial charge is 0.304 e. The highest BCUT2D eigenvalue weighted by molar-refractivity contribution is 6.54. The van der Waals surface area contributed by atoms with Crippen LogP contribution in [0.5, 0.6) is 0 Å². The molecule has 0 radical (unpaired) electrons. The van der Waals surface area contributed by atoms with Gasteiger partial charge in [-0.25, -0.2) is 0 Å². The van der Waals surface area contributed by atoms with Gasteiger partial charge < -0.3 is 4.90 Å². The van der Waals surface area contributed by atoms with E-state index in [0.717, 1.165) is 24.3 Å². The van der Waals surface area contributed by atoms with Gasteiger partial charge in [-0.2, -0.15) is 5.10 Å². The number of hydrazone groups is 1. The zero-order valence-corrected chi connectivity index (χ0v) is 12.2. The fourth-order valence-electron chi connectivity index (χ4n) is 2.95. The summed E-state index contributed by atoms with van der Waals surface area (Å²) in [6.45, 7) is 6.00. The van der Waals surface area contributed by atoms with Crippen molar-refractivity contribution >= 4 is 17.3 Å². The van der Waals surface area contributed by atoms with E-state index in [9.17, 15) is 4.79 Å². The summed E-state index contributed by atoms with van der Waals surface area (Å²) in [5.41, 5.74) is 2.57. The Morgan fingerprint density at radius 1 is 1.10 bits per heavy atom. The molecule has 0 N–H and O–H groups in total. The molecule has 1 aromatic carbocycles. The van der Waals surface area contributed by atoms with Gasteiger partial charge in [0.05, 0.1) is 5.69 Å². The lowest BCUT2D eigenvalue weighted by molar-refractivity contribution is -0.112. The molecule has 0 aliphatic carbocycles. The van der Waals surface area contributed by atoms with Crippen molar-refractivity contribution in [3.05, 3.63) is 29.8 Å². The number of carbonyl (C=O) groups excluding carboxylic acids is 1. The number of benzene rings is 1. The predicted molar refractivity (Wildman–Crippen MR) is 81.0 cm³/mol. The van der Waals surface area contributed by atoms with E-state index in [1.807, 2.05) is 43.0 Å². The van der Waals surface area contributed by atoms with Crippen LogP contribution in [-0.4, -0.2) is 35.8 Å². The zero-order valence-electron chi connectivity index (χ0n) is 12.2. The molecule has 1 fully saturated rings. The van der Waals surface area contributed by atoms with Crippen molar-refractivity contribution in [2.75, 3.05) is 18.0 Å². The monoisotopic (exact) mass is 271 g/mol. The highest BCUT2D eigenvalue weighted by atomic mass is 16.2. The lowest BCUT2D eigenvalue weighted by Crippen LogP contribution is -2.37. The van der Waals surface area contributed by atoms with E-state index in [2.05, 4.69) is 10.1 Å². The number of carbonyl (C=O) groups is 1. The number of piperidine rings is 1. The number of rotatable bonds is 2. The van der Waals surface area contributed by atoms with Crippen molar-refractivity contribution in [2.24, 2.45) is 5.10 Å². The molecule has 1 saturated heterocycles. The van der Waals surface area contributed by atoms with E-state index in [-0.39, 0.29) is 11.9 Å². The number of hydrogen-bond acceptors (Lipinski definition) is 3. The Morgan fingerprint density at radius 3 is 2.50 bits per heavy atom. The molecule has 0 atom stereocenters. The highest BCUT2D eigenvalue weighted by Gasteiger charge is 2.35. The van der Waals surface area contributed by atoms with Crippen LogP contribution in [0.3, 0.4) is 0 Å². The normalized spacial score (nSPS) is 20.9. The van der Waals surface area contributed by atoms with Gasteiger partial charge >= 0.3 is 0 Å². The summed E-state index contributed by atoms with van der Waals surface area (Å²) in [5, 5.41) is 6.70. The maximum absolute atomic E-state index is 12.6. The minimum absolute atomic E-state index is 0.0340. The Labute approximate surface area is 120 Å². The lowest BCUT2D eigenvalue weighted by Gasteiger charge is -2.24. The molecule has 2 aliphatic rings. The molecule has 1 aromatic rings. The highest BCUT2D eigenvalue weighted by Crippen LogP contribution is 2.31. The molecule has 2 aliphatic heterocycles. The van der Waals surface area contributed by atoms with Gasteiger partial charge in [-0.1, -0.05) is 18.2 Å². The van der Waals surface area contributed by atoms with Gasteiger partial charge in [-0.15, -0.1) is 0 Å². The first-order valence-electron chi connectivity index (χ1n) is 7.45. The summed E-state index contributed by atoms with van der Waals surface area (Å²) in [6, 6.07) is 8.11. The summed E-state index contributed by atoms with van der Waals surface area (Å²) < 4.78 is 0. The quantitative estimate of drug-likeness (QED) is 0.829. The van der Waals surface area contributed by atoms with Crippen molar-refractivity contribution in [2.45, 2.75) is 39.2 Å². The molecule has 0 aromatic heterocycles. The fraction of sp³-hybridized carbons (Fsp3) is 0.500. The Morgan fingerprint density at radius 2 is 1.80 bits per heavy atom. The third-order valence-corrected chi connectivity index (χ3v) is 3.93. The molecule has 20 heavy (non-hydrogen) atoms. The summed E-state index contributed by atoms with van der Waals surface area (Å²) in [4.78, 5) is 14.5. The number of hydrogen-bond donors (Lipinski definition) is 0. The van der Waals surface area contributed by atoms with Crippen molar-refractivity contribution in [1.82, 2.24) is 5.01 Å². The van der Waals surface area contributed by atoms with Crippen LogP contribution in [0.4, 0.5) is 5.69 Å². The van der Waals surface area contributed by atoms with Crippen LogP contribution in [0.1, 0.15) is 38.7 Å². The fourth-order valence-corrected chi connectivity index (χ4v) is 2.95. The third-order valence-electron chi connectivity index (χ3n) is 3.93. The smallest absolute Gasteiger partial charge is 0.279 e. The predicted octanol–water partition coefficient (Wildman–Crippen LogP) is 2.63. The molecule has 0 unspecified atom stereocenters. The number of amides is 1. The van der Waals surface area contributed by atoms with Gasteiger partial charge in [0, 0.05) is 24.7 Å². The lowest BCUT2D eigenvalue weighted by atomic mass is 10.1. The minimum Gasteiger partial charge on any atom is -0.304 e. The maximum atomic E-state index is 12.6. The number of anilines is 1. The first kappa shape index (κ1) is 13.2. The minimum atomic E-state index is 0.0340. The maximum Gasteiger partial charge on any atom is 0.279 e. The van der Waals surface area contributed by atoms with Crippen LogP contribution in [0.2, 0.25) is 0 Å². The van der Waals surface area contributed by atoms with Crippen molar-refractivity contribution in [3.8, 4) is 0 Å². The van der Waals surface area contributed by atoms with Gasteiger partial charge in [0.25, 0.3) is 5.91 Å². The van der Waals surface area contributed by atoms with Gasteiger partial charge in [0.2, 0.25) is 0 Å². The van der Waals surface area contributed by atoms with Crippen LogP contribution in [0.25, 0.3) is 0 Å². The Bertz CT molecular complexity index is 544. The molecule has 106 valence electrons. The van der Waals surface area contributed by atoms with E-state index in [4.69, 9.17) is 0 Å². The first-order chi connectivity index (χ1) is 9.68. The molecule has 2 heterocycles. The first-order valence-corrected chi connectivity index (χ1v) is 7.45. The standard InChI is InChI=1S/C16H21N3O/c1-12(2)19-14-9-5-4-8-13(14)15(16(19)20)17-18-10-6-3-7-11-18/h4-5,8-9,12H,3,6-7,10-11H2,1-2H3. The number of fused-ring (bicyclic) bond motifs is 1. The second-order valence-electron chi connectivity index (χ2n) is 5.75. The second-order valence-corrected chi connectivity index (χ2v) is 5.75. The van der Waals surface area contributed by atoms with Gasteiger partial charge in [0.15, 0.2) is 5.71 Å². The van der Waals surface area contributed by atoms with Crippen LogP contribution in [0, 0.1) is 0 Å². The summed E-state index contributed by atoms with van der Waals surface area (Å²) in [7, 11) is 0. The van der Waals surface area contributed by atoms with E-state index in [0.29, 0.717) is 5.71 Å². The number of para-hydroxylation sites is 1. The average molecular weight is 271 g/mol. The molecule has 4 nitrogen and oxygen atoms in total. The van der Waals surface area contributed by atoms with Crippen LogP contribution in [-0.2, 0) is 4.79 Å². The Hall–Kier alpha value is -1.84. The number of nitrogens with zero attached hydrogens (tertiary/aromatic N) is 3. The molecular weight excluding hydrogens is 250 g/mol. The van der Waals surface area contributed by atoms with Crippen molar-refractivity contribution in [3.63, 3.8) is 0 Å². The molecule has 1 amide bonds. The molecule has 0 bridgehead atoms.